The van der Waals surface area contributed by atoms with Gasteiger partial charge in [0.25, 0.3) is 0 Å². The van der Waals surface area contributed by atoms with E-state index in [1.54, 1.807) is 12.3 Å². The average molecular weight is 401 g/mol. The average Bonchev–Trinajstić information content (AvgIpc) is 2.55. The van der Waals surface area contributed by atoms with Gasteiger partial charge in [-0.05, 0) is 58.0 Å². The molecule has 0 bridgehead atoms. The zero-order valence-electron chi connectivity index (χ0n) is 11.7. The minimum Gasteiger partial charge on any atom is -0.255 e. The van der Waals surface area contributed by atoms with Crippen LogP contribution in [0.15, 0.2) is 77.8 Å². The van der Waals surface area contributed by atoms with E-state index in [2.05, 4.69) is 27.6 Å². The Morgan fingerprint density at radius 1 is 0.864 bits per heavy atom. The third-order valence-electron chi connectivity index (χ3n) is 3.29. The van der Waals surface area contributed by atoms with Gasteiger partial charge in [0.2, 0.25) is 0 Å². The Morgan fingerprint density at radius 3 is 2.36 bits per heavy atom. The van der Waals surface area contributed by atoms with Gasteiger partial charge in [-0.1, -0.05) is 48.5 Å². The van der Waals surface area contributed by atoms with Crippen molar-refractivity contribution in [1.82, 2.24) is 0 Å². The standard InChI is InChI=1S/C19H13FIN/c20-16-10-11-17(14-6-2-1-3-7-14)15(12-16)13-22-19-9-5-4-8-18(19)21/h1-13H. The number of aliphatic imine (C=N–C) groups is 1. The first-order valence-electron chi connectivity index (χ1n) is 6.87. The van der Waals surface area contributed by atoms with Crippen LogP contribution in [-0.2, 0) is 0 Å². The van der Waals surface area contributed by atoms with Crippen LogP contribution in [0.4, 0.5) is 10.1 Å². The lowest BCUT2D eigenvalue weighted by Gasteiger charge is -2.06. The van der Waals surface area contributed by atoms with Crippen molar-refractivity contribution in [2.75, 3.05) is 0 Å². The summed E-state index contributed by atoms with van der Waals surface area (Å²) in [6.45, 7) is 0. The normalized spacial score (nSPS) is 11.0. The van der Waals surface area contributed by atoms with Crippen molar-refractivity contribution in [3.63, 3.8) is 0 Å². The highest BCUT2D eigenvalue weighted by Crippen LogP contribution is 2.25. The number of para-hydroxylation sites is 1. The largest absolute Gasteiger partial charge is 0.255 e. The molecule has 0 atom stereocenters. The van der Waals surface area contributed by atoms with Crippen LogP contribution < -0.4 is 0 Å². The Labute approximate surface area is 142 Å². The van der Waals surface area contributed by atoms with E-state index in [4.69, 9.17) is 0 Å². The molecule has 0 saturated carbocycles. The summed E-state index contributed by atoms with van der Waals surface area (Å²) in [4.78, 5) is 4.50. The summed E-state index contributed by atoms with van der Waals surface area (Å²) in [7, 11) is 0. The highest BCUT2D eigenvalue weighted by Gasteiger charge is 2.05. The first-order valence-corrected chi connectivity index (χ1v) is 7.95. The summed E-state index contributed by atoms with van der Waals surface area (Å²) in [5.74, 6) is -0.260. The SMILES string of the molecule is Fc1ccc(-c2ccccc2)c(C=Nc2ccccc2I)c1. The summed E-state index contributed by atoms with van der Waals surface area (Å²) in [6, 6.07) is 22.6. The number of benzene rings is 3. The van der Waals surface area contributed by atoms with Crippen molar-refractivity contribution < 1.29 is 4.39 Å². The van der Waals surface area contributed by atoms with Crippen molar-refractivity contribution in [1.29, 1.82) is 0 Å². The van der Waals surface area contributed by atoms with Crippen LogP contribution in [0.25, 0.3) is 11.1 Å². The highest BCUT2D eigenvalue weighted by molar-refractivity contribution is 14.1. The smallest absolute Gasteiger partial charge is 0.123 e. The zero-order valence-corrected chi connectivity index (χ0v) is 13.9. The van der Waals surface area contributed by atoms with Crippen molar-refractivity contribution >= 4 is 34.5 Å². The van der Waals surface area contributed by atoms with Crippen LogP contribution in [0.3, 0.4) is 0 Å². The van der Waals surface area contributed by atoms with E-state index in [0.717, 1.165) is 25.9 Å². The molecule has 0 unspecified atom stereocenters. The van der Waals surface area contributed by atoms with Gasteiger partial charge < -0.3 is 0 Å². The minimum atomic E-state index is -0.260. The molecule has 0 spiro atoms. The lowest BCUT2D eigenvalue weighted by Crippen LogP contribution is -1.90. The molecule has 0 saturated heterocycles. The van der Waals surface area contributed by atoms with E-state index in [1.807, 2.05) is 54.6 Å². The molecular weight excluding hydrogens is 388 g/mol. The van der Waals surface area contributed by atoms with E-state index < -0.39 is 0 Å². The van der Waals surface area contributed by atoms with Gasteiger partial charge in [0.15, 0.2) is 0 Å². The molecule has 3 rings (SSSR count). The fourth-order valence-corrected chi connectivity index (χ4v) is 2.74. The van der Waals surface area contributed by atoms with E-state index in [0.29, 0.717) is 0 Å². The van der Waals surface area contributed by atoms with Gasteiger partial charge >= 0.3 is 0 Å². The maximum absolute atomic E-state index is 13.6. The molecule has 22 heavy (non-hydrogen) atoms. The summed E-state index contributed by atoms with van der Waals surface area (Å²) in [5.41, 5.74) is 3.67. The van der Waals surface area contributed by atoms with E-state index >= 15 is 0 Å². The molecule has 1 nitrogen and oxygen atoms in total. The Morgan fingerprint density at radius 2 is 1.59 bits per heavy atom. The van der Waals surface area contributed by atoms with Gasteiger partial charge in [0, 0.05) is 15.3 Å². The fraction of sp³-hybridized carbons (Fsp3) is 0. The molecule has 3 heteroatoms. The van der Waals surface area contributed by atoms with Gasteiger partial charge in [-0.25, -0.2) is 4.39 Å². The molecule has 108 valence electrons. The van der Waals surface area contributed by atoms with Crippen molar-refractivity contribution in [2.45, 2.75) is 0 Å². The van der Waals surface area contributed by atoms with Crippen LogP contribution in [0.1, 0.15) is 5.56 Å². The van der Waals surface area contributed by atoms with Crippen LogP contribution in [0.2, 0.25) is 0 Å². The molecular formula is C19H13FIN. The Balaban J connectivity index is 2.03. The highest BCUT2D eigenvalue weighted by atomic mass is 127. The molecule has 0 amide bonds. The second-order valence-corrected chi connectivity index (χ2v) is 5.97. The topological polar surface area (TPSA) is 12.4 Å². The molecule has 0 aliphatic heterocycles. The first-order chi connectivity index (χ1) is 10.7. The Kier molecular flexibility index (Phi) is 4.63. The Bertz CT molecular complexity index is 813. The summed E-state index contributed by atoms with van der Waals surface area (Å²) < 4.78 is 14.7. The minimum absolute atomic E-state index is 0.260. The van der Waals surface area contributed by atoms with Crippen molar-refractivity contribution in [3.05, 3.63) is 87.7 Å². The van der Waals surface area contributed by atoms with Crippen LogP contribution >= 0.6 is 22.6 Å². The number of nitrogens with zero attached hydrogens (tertiary/aromatic N) is 1. The lowest BCUT2D eigenvalue weighted by molar-refractivity contribution is 0.628. The molecule has 0 aliphatic carbocycles. The van der Waals surface area contributed by atoms with Crippen LogP contribution in [-0.4, -0.2) is 6.21 Å². The van der Waals surface area contributed by atoms with Gasteiger partial charge in [0.05, 0.1) is 5.69 Å². The van der Waals surface area contributed by atoms with E-state index in [9.17, 15) is 4.39 Å². The number of hydrogen-bond acceptors (Lipinski definition) is 1. The molecule has 0 aliphatic rings. The number of halogens is 2. The molecule has 0 heterocycles. The van der Waals surface area contributed by atoms with Gasteiger partial charge in [-0.15, -0.1) is 0 Å². The van der Waals surface area contributed by atoms with E-state index in [-0.39, 0.29) is 5.82 Å². The maximum atomic E-state index is 13.6. The van der Waals surface area contributed by atoms with Gasteiger partial charge in [-0.3, -0.25) is 4.99 Å². The van der Waals surface area contributed by atoms with E-state index in [1.165, 1.54) is 12.1 Å². The predicted molar refractivity (Wildman–Crippen MR) is 98.2 cm³/mol. The number of hydrogen-bond donors (Lipinski definition) is 0. The molecule has 0 aromatic heterocycles. The molecule has 0 N–H and O–H groups in total. The molecule has 0 fully saturated rings. The fourth-order valence-electron chi connectivity index (χ4n) is 2.22. The van der Waals surface area contributed by atoms with Gasteiger partial charge in [-0.2, -0.15) is 0 Å². The number of rotatable bonds is 3. The zero-order chi connectivity index (χ0) is 15.4. The summed E-state index contributed by atoms with van der Waals surface area (Å²) in [5, 5.41) is 0. The monoisotopic (exact) mass is 401 g/mol. The van der Waals surface area contributed by atoms with Crippen LogP contribution in [0.5, 0.6) is 0 Å². The van der Waals surface area contributed by atoms with Gasteiger partial charge in [0.1, 0.15) is 5.82 Å². The summed E-state index contributed by atoms with van der Waals surface area (Å²) >= 11 is 2.24. The maximum Gasteiger partial charge on any atom is 0.123 e. The Hall–Kier alpha value is -2.01. The molecule has 0 radical (unpaired) electrons. The predicted octanol–water partition coefficient (Wildman–Crippen LogP) is 5.85. The lowest BCUT2D eigenvalue weighted by atomic mass is 10.0. The van der Waals surface area contributed by atoms with Crippen molar-refractivity contribution in [3.8, 4) is 11.1 Å². The quantitative estimate of drug-likeness (QED) is 0.386. The molecule has 3 aromatic carbocycles. The molecule has 3 aromatic rings. The van der Waals surface area contributed by atoms with Crippen molar-refractivity contribution in [2.24, 2.45) is 4.99 Å². The second kappa shape index (κ2) is 6.83. The third kappa shape index (κ3) is 3.42. The summed E-state index contributed by atoms with van der Waals surface area (Å²) in [6.07, 6.45) is 1.73. The third-order valence-corrected chi connectivity index (χ3v) is 4.21. The first kappa shape index (κ1) is 14.9. The van der Waals surface area contributed by atoms with Crippen LogP contribution in [0, 0.1) is 9.39 Å². The second-order valence-electron chi connectivity index (χ2n) is 4.81.